The molecule has 12 heteroatoms. The number of carboxylic acid groups (broad SMARTS) is 1. The second kappa shape index (κ2) is 10.7. The Morgan fingerprint density at radius 1 is 1.28 bits per heavy atom. The van der Waals surface area contributed by atoms with Crippen molar-refractivity contribution in [2.75, 3.05) is 23.9 Å². The molecule has 2 aliphatic heterocycles. The van der Waals surface area contributed by atoms with Crippen molar-refractivity contribution in [3.05, 3.63) is 58.9 Å². The van der Waals surface area contributed by atoms with Crippen LogP contribution in [-0.4, -0.2) is 56.1 Å². The highest BCUT2D eigenvalue weighted by Crippen LogP contribution is 2.40. The summed E-state index contributed by atoms with van der Waals surface area (Å²) in [7, 11) is -4.25. The molecule has 1 atom stereocenters. The molecule has 2 heterocycles. The predicted octanol–water partition coefficient (Wildman–Crippen LogP) is 2.38. The molecule has 194 valence electrons. The third kappa shape index (κ3) is 5.88. The number of fused-ring (bicyclic) bond motifs is 1. The zero-order chi connectivity index (χ0) is 25.9. The number of hydrogen-bond acceptors (Lipinski definition) is 6. The van der Waals surface area contributed by atoms with Gasteiger partial charge in [-0.2, -0.15) is 8.42 Å². The first kappa shape index (κ1) is 25.7. The minimum absolute atomic E-state index is 0.0668. The summed E-state index contributed by atoms with van der Waals surface area (Å²) in [5, 5.41) is 11.2. The van der Waals surface area contributed by atoms with Crippen molar-refractivity contribution in [1.29, 1.82) is 0 Å². The normalized spacial score (nSPS) is 17.8. The Labute approximate surface area is 209 Å². The van der Waals surface area contributed by atoms with Gasteiger partial charge >= 0.3 is 16.3 Å². The Balaban J connectivity index is 1.58. The van der Waals surface area contributed by atoms with Gasteiger partial charge in [-0.3, -0.25) is 9.69 Å². The fourth-order valence-electron chi connectivity index (χ4n) is 4.50. The highest BCUT2D eigenvalue weighted by Gasteiger charge is 2.39. The van der Waals surface area contributed by atoms with Crippen LogP contribution in [-0.2, 0) is 34.6 Å². The van der Waals surface area contributed by atoms with Crippen molar-refractivity contribution in [1.82, 2.24) is 14.9 Å². The van der Waals surface area contributed by atoms with Crippen LogP contribution in [0.15, 0.2) is 36.4 Å². The lowest BCUT2D eigenvalue weighted by molar-refractivity contribution is -0.117. The number of carbonyl (C=O) groups excluding carboxylic acids is 1. The molecule has 36 heavy (non-hydrogen) atoms. The number of ether oxygens (including phenoxy) is 1. The Morgan fingerprint density at radius 2 is 2.03 bits per heavy atom. The molecule has 0 spiro atoms. The summed E-state index contributed by atoms with van der Waals surface area (Å²) < 4.78 is 49.7. The maximum absolute atomic E-state index is 16.0. The van der Waals surface area contributed by atoms with Crippen LogP contribution >= 0.6 is 0 Å². The second-order valence-corrected chi connectivity index (χ2v) is 10.6. The van der Waals surface area contributed by atoms with Crippen LogP contribution < -0.4 is 19.1 Å². The van der Waals surface area contributed by atoms with Gasteiger partial charge in [0.25, 0.3) is 5.91 Å². The lowest BCUT2D eigenvalue weighted by atomic mass is 9.97. The van der Waals surface area contributed by atoms with E-state index < -0.39 is 34.6 Å². The van der Waals surface area contributed by atoms with Gasteiger partial charge in [-0.05, 0) is 49.9 Å². The first-order valence-electron chi connectivity index (χ1n) is 11.7. The third-order valence-electron chi connectivity index (χ3n) is 6.27. The van der Waals surface area contributed by atoms with Gasteiger partial charge in [-0.15, -0.1) is 0 Å². The molecule has 0 saturated carbocycles. The molecule has 10 nitrogen and oxygen atoms in total. The Bertz CT molecular complexity index is 1240. The highest BCUT2D eigenvalue weighted by atomic mass is 32.2. The molecular weight excluding hydrogens is 491 g/mol. The largest absolute Gasteiger partial charge is 0.487 e. The summed E-state index contributed by atoms with van der Waals surface area (Å²) >= 11 is 0. The van der Waals surface area contributed by atoms with Crippen molar-refractivity contribution in [2.24, 2.45) is 0 Å². The fraction of sp³-hybridized carbons (Fsp3) is 0.417. The molecule has 4 rings (SSSR count). The van der Waals surface area contributed by atoms with E-state index in [-0.39, 0.29) is 30.6 Å². The van der Waals surface area contributed by atoms with Crippen LogP contribution in [0, 0.1) is 5.82 Å². The Hall–Kier alpha value is -3.38. The van der Waals surface area contributed by atoms with Gasteiger partial charge < -0.3 is 15.2 Å². The highest BCUT2D eigenvalue weighted by molar-refractivity contribution is 7.92. The van der Waals surface area contributed by atoms with Gasteiger partial charge in [-0.25, -0.2) is 18.2 Å². The number of halogens is 1. The molecule has 2 amide bonds. The quantitative estimate of drug-likeness (QED) is 0.463. The topological polar surface area (TPSA) is 128 Å². The Kier molecular flexibility index (Phi) is 7.65. The lowest BCUT2D eigenvalue weighted by Gasteiger charge is -2.31. The summed E-state index contributed by atoms with van der Waals surface area (Å²) in [5.41, 5.74) is 1.66. The third-order valence-corrected chi connectivity index (χ3v) is 7.64. The van der Waals surface area contributed by atoms with Crippen LogP contribution in [0.25, 0.3) is 0 Å². The van der Waals surface area contributed by atoms with E-state index in [1.165, 1.54) is 0 Å². The van der Waals surface area contributed by atoms with Gasteiger partial charge in [-0.1, -0.05) is 30.3 Å². The standard InChI is InChI=1S/C24H29FN4O6S/c1-16(26-24(31)32)6-5-10-28-11-9-18-12-20(35-15-17-7-3-2-4-8-17)23(22(25)19(18)13-28)29-14-21(30)27-36(29,33)34/h2-4,7-8,12,16,26H,5-6,9-11,13-15H2,1H3,(H,27,30)(H,31,32). The van der Waals surface area contributed by atoms with E-state index in [4.69, 9.17) is 9.84 Å². The zero-order valence-corrected chi connectivity index (χ0v) is 20.7. The smallest absolute Gasteiger partial charge is 0.404 e. The number of nitrogens with one attached hydrogen (secondary N) is 2. The summed E-state index contributed by atoms with van der Waals surface area (Å²) in [5.74, 6) is -1.40. The molecule has 1 saturated heterocycles. The molecule has 2 aromatic carbocycles. The zero-order valence-electron chi connectivity index (χ0n) is 19.9. The van der Waals surface area contributed by atoms with E-state index in [9.17, 15) is 18.0 Å². The van der Waals surface area contributed by atoms with Gasteiger partial charge in [0, 0.05) is 24.7 Å². The van der Waals surface area contributed by atoms with Crippen LogP contribution in [0.5, 0.6) is 5.75 Å². The van der Waals surface area contributed by atoms with Gasteiger partial charge in [0.1, 0.15) is 24.6 Å². The van der Waals surface area contributed by atoms with Crippen LogP contribution in [0.4, 0.5) is 14.9 Å². The summed E-state index contributed by atoms with van der Waals surface area (Å²) in [6, 6.07) is 10.7. The number of rotatable bonds is 9. The maximum atomic E-state index is 16.0. The van der Waals surface area contributed by atoms with E-state index in [2.05, 4.69) is 10.2 Å². The summed E-state index contributed by atoms with van der Waals surface area (Å²) in [6.45, 7) is 2.94. The SMILES string of the molecule is CC(CCCN1CCc2cc(OCc3ccccc3)c(N3CC(=O)NS3(=O)=O)c(F)c2C1)NC(=O)O. The molecule has 0 aromatic heterocycles. The minimum Gasteiger partial charge on any atom is -0.487 e. The van der Waals surface area contributed by atoms with Crippen LogP contribution in [0.1, 0.15) is 36.5 Å². The average Bonchev–Trinajstić information content (AvgIpc) is 3.09. The van der Waals surface area contributed by atoms with E-state index in [0.29, 0.717) is 37.9 Å². The van der Waals surface area contributed by atoms with Crippen molar-refractivity contribution < 1.29 is 32.2 Å². The number of nitrogens with zero attached hydrogens (tertiary/aromatic N) is 2. The first-order chi connectivity index (χ1) is 17.1. The monoisotopic (exact) mass is 520 g/mol. The van der Waals surface area contributed by atoms with Gasteiger partial charge in [0.15, 0.2) is 5.82 Å². The number of amides is 2. The van der Waals surface area contributed by atoms with Crippen molar-refractivity contribution in [3.63, 3.8) is 0 Å². The first-order valence-corrected chi connectivity index (χ1v) is 13.1. The van der Waals surface area contributed by atoms with Crippen molar-refractivity contribution >= 4 is 27.9 Å². The number of carbonyl (C=O) groups is 2. The van der Waals surface area contributed by atoms with Crippen molar-refractivity contribution in [2.45, 2.75) is 45.4 Å². The molecule has 0 aliphatic carbocycles. The van der Waals surface area contributed by atoms with Crippen molar-refractivity contribution in [3.8, 4) is 5.75 Å². The van der Waals surface area contributed by atoms with Crippen LogP contribution in [0.2, 0.25) is 0 Å². The molecule has 3 N–H and O–H groups in total. The number of anilines is 1. The number of benzene rings is 2. The minimum atomic E-state index is -4.25. The molecule has 1 fully saturated rings. The summed E-state index contributed by atoms with van der Waals surface area (Å²) in [4.78, 5) is 24.7. The maximum Gasteiger partial charge on any atom is 0.404 e. The van der Waals surface area contributed by atoms with E-state index in [1.807, 2.05) is 35.1 Å². The summed E-state index contributed by atoms with van der Waals surface area (Å²) in [6.07, 6.45) is 0.818. The van der Waals surface area contributed by atoms with E-state index in [1.54, 1.807) is 13.0 Å². The van der Waals surface area contributed by atoms with E-state index in [0.717, 1.165) is 15.4 Å². The van der Waals surface area contributed by atoms with Crippen LogP contribution in [0.3, 0.4) is 0 Å². The fourth-order valence-corrected chi connectivity index (χ4v) is 5.66. The number of hydrogen-bond donors (Lipinski definition) is 3. The van der Waals surface area contributed by atoms with Gasteiger partial charge in [0.05, 0.1) is 0 Å². The van der Waals surface area contributed by atoms with E-state index >= 15 is 4.39 Å². The molecule has 2 aliphatic rings. The molecular formula is C24H29FN4O6S. The molecule has 0 radical (unpaired) electrons. The predicted molar refractivity (Wildman–Crippen MR) is 130 cm³/mol. The molecule has 0 bridgehead atoms. The Morgan fingerprint density at radius 3 is 2.69 bits per heavy atom. The second-order valence-electron chi connectivity index (χ2n) is 9.01. The van der Waals surface area contributed by atoms with Gasteiger partial charge in [0.2, 0.25) is 0 Å². The average molecular weight is 521 g/mol. The molecule has 2 aromatic rings. The molecule has 1 unspecified atom stereocenters. The lowest BCUT2D eigenvalue weighted by Crippen LogP contribution is -2.35.